The quantitative estimate of drug-likeness (QED) is 0.757. The van der Waals surface area contributed by atoms with Gasteiger partial charge in [0, 0.05) is 7.05 Å². The second kappa shape index (κ2) is 4.91. The summed E-state index contributed by atoms with van der Waals surface area (Å²) >= 11 is 0. The fourth-order valence-electron chi connectivity index (χ4n) is 1.79. The van der Waals surface area contributed by atoms with Crippen LogP contribution in [0.5, 0.6) is 0 Å². The van der Waals surface area contributed by atoms with Crippen LogP contribution in [0.3, 0.4) is 0 Å². The highest BCUT2D eigenvalue weighted by atomic mass is 19.1. The zero-order valence-electron chi connectivity index (χ0n) is 9.56. The van der Waals surface area contributed by atoms with E-state index in [4.69, 9.17) is 0 Å². The number of imidazole rings is 1. The molecule has 0 aliphatic heterocycles. The summed E-state index contributed by atoms with van der Waals surface area (Å²) in [6.45, 7) is 0. The number of carbonyl (C=O) groups is 1. The third-order valence-corrected chi connectivity index (χ3v) is 2.76. The first-order chi connectivity index (χ1) is 8.22. The lowest BCUT2D eigenvalue weighted by molar-refractivity contribution is 0.111. The predicted octanol–water partition coefficient (Wildman–Crippen LogP) is 2.16. The minimum absolute atomic E-state index is 0.212. The Labute approximate surface area is 98.9 Å². The van der Waals surface area contributed by atoms with Crippen molar-refractivity contribution >= 4 is 6.29 Å². The lowest BCUT2D eigenvalue weighted by atomic mass is 10.1. The summed E-state index contributed by atoms with van der Waals surface area (Å²) < 4.78 is 15.1. The van der Waals surface area contributed by atoms with E-state index in [0.29, 0.717) is 29.8 Å². The van der Waals surface area contributed by atoms with Crippen LogP contribution in [0.25, 0.3) is 0 Å². The second-order valence-electron chi connectivity index (χ2n) is 3.90. The maximum Gasteiger partial charge on any atom is 0.168 e. The average Bonchev–Trinajstić information content (AvgIpc) is 2.69. The summed E-state index contributed by atoms with van der Waals surface area (Å²) in [6.07, 6.45) is 3.49. The fourth-order valence-corrected chi connectivity index (χ4v) is 1.79. The molecule has 0 radical (unpaired) electrons. The maximum absolute atomic E-state index is 13.4. The van der Waals surface area contributed by atoms with Crippen molar-refractivity contribution in [3.05, 3.63) is 53.4 Å². The van der Waals surface area contributed by atoms with Crippen molar-refractivity contribution in [3.63, 3.8) is 0 Å². The number of aryl methyl sites for hydroxylation is 3. The van der Waals surface area contributed by atoms with Crippen LogP contribution < -0.4 is 0 Å². The average molecular weight is 232 g/mol. The molecule has 0 bridgehead atoms. The molecule has 4 heteroatoms. The highest BCUT2D eigenvalue weighted by Gasteiger charge is 2.09. The number of aromatic nitrogens is 2. The second-order valence-corrected chi connectivity index (χ2v) is 3.90. The monoisotopic (exact) mass is 232 g/mol. The Morgan fingerprint density at radius 3 is 2.82 bits per heavy atom. The third kappa shape index (κ3) is 2.41. The van der Waals surface area contributed by atoms with E-state index in [-0.39, 0.29) is 5.82 Å². The zero-order chi connectivity index (χ0) is 12.3. The summed E-state index contributed by atoms with van der Waals surface area (Å²) in [4.78, 5) is 15.0. The van der Waals surface area contributed by atoms with Crippen LogP contribution in [-0.2, 0) is 19.9 Å². The molecule has 2 rings (SSSR count). The van der Waals surface area contributed by atoms with Crippen LogP contribution in [0, 0.1) is 5.82 Å². The summed E-state index contributed by atoms with van der Waals surface area (Å²) in [5, 5.41) is 0. The molecular weight excluding hydrogens is 219 g/mol. The number of rotatable bonds is 4. The van der Waals surface area contributed by atoms with Gasteiger partial charge >= 0.3 is 0 Å². The van der Waals surface area contributed by atoms with Gasteiger partial charge in [0.05, 0.1) is 12.0 Å². The molecule has 0 aliphatic rings. The molecule has 0 fully saturated rings. The molecule has 0 saturated heterocycles. The number of hydrogen-bond acceptors (Lipinski definition) is 2. The molecular formula is C13H13FN2O. The molecule has 0 amide bonds. The number of hydrogen-bond donors (Lipinski definition) is 0. The van der Waals surface area contributed by atoms with Gasteiger partial charge < -0.3 is 4.57 Å². The van der Waals surface area contributed by atoms with Crippen molar-refractivity contribution in [2.45, 2.75) is 12.8 Å². The summed E-state index contributed by atoms with van der Waals surface area (Å²) in [5.41, 5.74) is 1.92. The van der Waals surface area contributed by atoms with Crippen molar-refractivity contribution in [1.82, 2.24) is 9.55 Å². The fraction of sp³-hybridized carbons (Fsp3) is 0.231. The number of carbonyl (C=O) groups excluding carboxylic acids is 1. The molecule has 1 aromatic carbocycles. The van der Waals surface area contributed by atoms with Crippen LogP contribution >= 0.6 is 0 Å². The van der Waals surface area contributed by atoms with Gasteiger partial charge in [-0.25, -0.2) is 9.37 Å². The number of benzene rings is 1. The Morgan fingerprint density at radius 2 is 2.12 bits per heavy atom. The summed E-state index contributed by atoms with van der Waals surface area (Å²) in [6, 6.07) is 6.65. The topological polar surface area (TPSA) is 34.9 Å². The molecule has 0 N–H and O–H groups in total. The molecule has 3 nitrogen and oxygen atoms in total. The van der Waals surface area contributed by atoms with Gasteiger partial charge in [-0.1, -0.05) is 18.2 Å². The van der Waals surface area contributed by atoms with E-state index in [1.807, 2.05) is 0 Å². The highest BCUT2D eigenvalue weighted by Crippen LogP contribution is 2.12. The predicted molar refractivity (Wildman–Crippen MR) is 62.4 cm³/mol. The summed E-state index contributed by atoms with van der Waals surface area (Å²) in [5.74, 6) is -0.212. The molecule has 1 heterocycles. The smallest absolute Gasteiger partial charge is 0.168 e. The number of aldehydes is 1. The van der Waals surface area contributed by atoms with Crippen LogP contribution in [0.2, 0.25) is 0 Å². The third-order valence-electron chi connectivity index (χ3n) is 2.76. The minimum Gasteiger partial charge on any atom is -0.331 e. The van der Waals surface area contributed by atoms with Gasteiger partial charge in [-0.3, -0.25) is 4.79 Å². The number of nitrogens with zero attached hydrogens (tertiary/aromatic N) is 2. The van der Waals surface area contributed by atoms with Gasteiger partial charge in [-0.15, -0.1) is 0 Å². The van der Waals surface area contributed by atoms with Gasteiger partial charge in [-0.05, 0) is 24.5 Å². The highest BCUT2D eigenvalue weighted by molar-refractivity contribution is 5.73. The van der Waals surface area contributed by atoms with Crippen molar-refractivity contribution in [3.8, 4) is 0 Å². The van der Waals surface area contributed by atoms with Gasteiger partial charge in [0.25, 0.3) is 0 Å². The zero-order valence-corrected chi connectivity index (χ0v) is 9.56. The number of halogens is 1. The Kier molecular flexibility index (Phi) is 3.32. The van der Waals surface area contributed by atoms with E-state index in [9.17, 15) is 9.18 Å². The van der Waals surface area contributed by atoms with Crippen LogP contribution in [0.15, 0.2) is 30.6 Å². The Balaban J connectivity index is 2.13. The standard InChI is InChI=1S/C13H13FN2O/c1-16-9-15-12(13(16)8-17)7-6-10-4-2-3-5-11(10)14/h2-5,8-9H,6-7H2,1H3. The minimum atomic E-state index is -0.212. The first-order valence-electron chi connectivity index (χ1n) is 5.41. The SMILES string of the molecule is Cn1cnc(CCc2ccccc2F)c1C=O. The Morgan fingerprint density at radius 1 is 1.35 bits per heavy atom. The molecule has 0 atom stereocenters. The molecule has 0 saturated carbocycles. The van der Waals surface area contributed by atoms with E-state index in [1.165, 1.54) is 6.07 Å². The Bertz CT molecular complexity index is 534. The van der Waals surface area contributed by atoms with Crippen LogP contribution in [0.1, 0.15) is 21.7 Å². The molecule has 0 unspecified atom stereocenters. The maximum atomic E-state index is 13.4. The van der Waals surface area contributed by atoms with E-state index in [1.54, 1.807) is 36.1 Å². The first-order valence-corrected chi connectivity index (χ1v) is 5.41. The molecule has 1 aromatic heterocycles. The van der Waals surface area contributed by atoms with Crippen molar-refractivity contribution < 1.29 is 9.18 Å². The molecule has 0 aliphatic carbocycles. The molecule has 88 valence electrons. The molecule has 0 spiro atoms. The van der Waals surface area contributed by atoms with Crippen LogP contribution in [-0.4, -0.2) is 15.8 Å². The van der Waals surface area contributed by atoms with Crippen molar-refractivity contribution in [2.24, 2.45) is 7.05 Å². The van der Waals surface area contributed by atoms with Gasteiger partial charge in [-0.2, -0.15) is 0 Å². The van der Waals surface area contributed by atoms with Crippen LogP contribution in [0.4, 0.5) is 4.39 Å². The van der Waals surface area contributed by atoms with E-state index >= 15 is 0 Å². The largest absolute Gasteiger partial charge is 0.331 e. The lowest BCUT2D eigenvalue weighted by Gasteiger charge is -2.02. The van der Waals surface area contributed by atoms with E-state index in [0.717, 1.165) is 6.29 Å². The molecule has 17 heavy (non-hydrogen) atoms. The van der Waals surface area contributed by atoms with Gasteiger partial charge in [0.1, 0.15) is 11.5 Å². The normalized spacial score (nSPS) is 10.5. The first kappa shape index (κ1) is 11.5. The van der Waals surface area contributed by atoms with Crippen molar-refractivity contribution in [2.75, 3.05) is 0 Å². The van der Waals surface area contributed by atoms with Gasteiger partial charge in [0.2, 0.25) is 0 Å². The van der Waals surface area contributed by atoms with E-state index < -0.39 is 0 Å². The van der Waals surface area contributed by atoms with E-state index in [2.05, 4.69) is 4.98 Å². The Hall–Kier alpha value is -1.97. The summed E-state index contributed by atoms with van der Waals surface area (Å²) in [7, 11) is 1.77. The van der Waals surface area contributed by atoms with Gasteiger partial charge in [0.15, 0.2) is 6.29 Å². The molecule has 2 aromatic rings. The lowest BCUT2D eigenvalue weighted by Crippen LogP contribution is -2.00. The van der Waals surface area contributed by atoms with Crippen molar-refractivity contribution in [1.29, 1.82) is 0 Å².